The highest BCUT2D eigenvalue weighted by molar-refractivity contribution is 8.01. The zero-order valence-electron chi connectivity index (χ0n) is 19.3. The molecule has 0 radical (unpaired) electrons. The number of thioether (sulfide) groups is 1. The average Bonchev–Trinajstić information content (AvgIpc) is 2.75. The van der Waals surface area contributed by atoms with Crippen molar-refractivity contribution in [3.63, 3.8) is 0 Å². The van der Waals surface area contributed by atoms with Crippen LogP contribution in [0.4, 0.5) is 11.4 Å². The second-order valence-corrected chi connectivity index (χ2v) is 11.1. The van der Waals surface area contributed by atoms with Crippen LogP contribution in [0.15, 0.2) is 46.2 Å². The molecule has 2 aromatic carbocycles. The first kappa shape index (κ1) is 25.1. The van der Waals surface area contributed by atoms with Gasteiger partial charge < -0.3 is 15.4 Å². The van der Waals surface area contributed by atoms with Crippen LogP contribution in [0.1, 0.15) is 45.0 Å². The number of sulfonamides is 1. The molecular formula is C23H29N3O5S2. The fraction of sp³-hybridized carbons (Fsp3) is 0.391. The summed E-state index contributed by atoms with van der Waals surface area (Å²) in [6, 6.07) is 9.52. The van der Waals surface area contributed by atoms with Gasteiger partial charge >= 0.3 is 0 Å². The molecule has 33 heavy (non-hydrogen) atoms. The van der Waals surface area contributed by atoms with Gasteiger partial charge in [-0.3, -0.25) is 9.59 Å². The number of hydrogen-bond acceptors (Lipinski definition) is 6. The number of benzene rings is 2. The number of amides is 2. The van der Waals surface area contributed by atoms with Crippen LogP contribution in [0.25, 0.3) is 0 Å². The summed E-state index contributed by atoms with van der Waals surface area (Å²) >= 11 is 1.43. The number of nitrogens with zero attached hydrogens (tertiary/aromatic N) is 1. The van der Waals surface area contributed by atoms with Crippen LogP contribution in [0, 0.1) is 0 Å². The molecule has 0 spiro atoms. The van der Waals surface area contributed by atoms with E-state index in [2.05, 4.69) is 10.6 Å². The van der Waals surface area contributed by atoms with Gasteiger partial charge in [0.25, 0.3) is 5.91 Å². The van der Waals surface area contributed by atoms with Crippen LogP contribution in [0.2, 0.25) is 0 Å². The van der Waals surface area contributed by atoms with Gasteiger partial charge in [0.1, 0.15) is 5.75 Å². The number of fused-ring (bicyclic) bond motifs is 1. The molecule has 1 aliphatic rings. The van der Waals surface area contributed by atoms with Crippen LogP contribution in [0.3, 0.4) is 0 Å². The summed E-state index contributed by atoms with van der Waals surface area (Å²) in [7, 11) is -3.72. The number of ether oxygens (including phenoxy) is 1. The van der Waals surface area contributed by atoms with Crippen molar-refractivity contribution in [2.45, 2.75) is 55.8 Å². The fourth-order valence-corrected chi connectivity index (χ4v) is 5.80. The Morgan fingerprint density at radius 3 is 2.52 bits per heavy atom. The highest BCUT2D eigenvalue weighted by Crippen LogP contribution is 2.36. The van der Waals surface area contributed by atoms with Gasteiger partial charge in [0, 0.05) is 23.5 Å². The lowest BCUT2D eigenvalue weighted by atomic mass is 10.1. The molecule has 2 N–H and O–H groups in total. The smallest absolute Gasteiger partial charge is 0.255 e. The van der Waals surface area contributed by atoms with E-state index in [1.807, 2.05) is 20.8 Å². The molecule has 0 unspecified atom stereocenters. The van der Waals surface area contributed by atoms with Gasteiger partial charge in [-0.1, -0.05) is 13.8 Å². The molecule has 1 heterocycles. The largest absolute Gasteiger partial charge is 0.489 e. The zero-order chi connectivity index (χ0) is 24.3. The van der Waals surface area contributed by atoms with Crippen LogP contribution in [-0.4, -0.2) is 49.0 Å². The maximum atomic E-state index is 13.0. The third-order valence-corrected chi connectivity index (χ3v) is 8.30. The molecule has 2 amide bonds. The Balaban J connectivity index is 1.95. The van der Waals surface area contributed by atoms with Gasteiger partial charge in [0.2, 0.25) is 15.9 Å². The highest BCUT2D eigenvalue weighted by Gasteiger charge is 2.26. The minimum atomic E-state index is -3.72. The van der Waals surface area contributed by atoms with Gasteiger partial charge in [-0.2, -0.15) is 4.31 Å². The summed E-state index contributed by atoms with van der Waals surface area (Å²) < 4.78 is 33.1. The van der Waals surface area contributed by atoms with Crippen LogP contribution in [-0.2, 0) is 14.8 Å². The molecule has 0 saturated carbocycles. The molecule has 0 saturated heterocycles. The van der Waals surface area contributed by atoms with Crippen molar-refractivity contribution in [1.29, 1.82) is 0 Å². The SMILES string of the molecule is CCN(CC)S(=O)(=O)c1ccc(OC(C)C)c(NC(=O)c2ccc3c(c2)NC(=O)[C@@H](C)S3)c1. The van der Waals surface area contributed by atoms with Gasteiger partial charge in [-0.05, 0) is 57.2 Å². The molecule has 1 aliphatic heterocycles. The van der Waals surface area contributed by atoms with E-state index in [0.717, 1.165) is 4.90 Å². The lowest BCUT2D eigenvalue weighted by Crippen LogP contribution is -2.30. The third-order valence-electron chi connectivity index (χ3n) is 5.08. The third kappa shape index (κ3) is 5.51. The molecule has 0 aliphatic carbocycles. The maximum absolute atomic E-state index is 13.0. The van der Waals surface area contributed by atoms with Gasteiger partial charge in [0.15, 0.2) is 0 Å². The summed E-state index contributed by atoms with van der Waals surface area (Å²) in [6.45, 7) is 9.72. The number of anilines is 2. The summed E-state index contributed by atoms with van der Waals surface area (Å²) in [5, 5.41) is 5.39. The second-order valence-electron chi connectivity index (χ2n) is 7.83. The maximum Gasteiger partial charge on any atom is 0.255 e. The summed E-state index contributed by atoms with van der Waals surface area (Å²) in [6.07, 6.45) is -0.177. The monoisotopic (exact) mass is 491 g/mol. The molecule has 3 rings (SSSR count). The molecule has 0 fully saturated rings. The summed E-state index contributed by atoms with van der Waals surface area (Å²) in [5.41, 5.74) is 1.16. The Kier molecular flexibility index (Phi) is 7.71. The average molecular weight is 492 g/mol. The number of carbonyl (C=O) groups excluding carboxylic acids is 2. The summed E-state index contributed by atoms with van der Waals surface area (Å²) in [5.74, 6) is -0.193. The number of rotatable bonds is 8. The van der Waals surface area contributed by atoms with Crippen LogP contribution >= 0.6 is 11.8 Å². The van der Waals surface area contributed by atoms with E-state index in [-0.39, 0.29) is 27.8 Å². The van der Waals surface area contributed by atoms with Crippen LogP contribution < -0.4 is 15.4 Å². The van der Waals surface area contributed by atoms with Crippen molar-refractivity contribution in [2.24, 2.45) is 0 Å². The number of nitrogens with one attached hydrogen (secondary N) is 2. The second kappa shape index (κ2) is 10.1. The lowest BCUT2D eigenvalue weighted by molar-refractivity contribution is -0.115. The molecule has 0 aromatic heterocycles. The first-order chi connectivity index (χ1) is 15.6. The molecule has 0 bridgehead atoms. The zero-order valence-corrected chi connectivity index (χ0v) is 21.0. The molecular weight excluding hydrogens is 462 g/mol. The first-order valence-electron chi connectivity index (χ1n) is 10.8. The predicted octanol–water partition coefficient (Wildman–Crippen LogP) is 4.19. The van der Waals surface area contributed by atoms with E-state index in [1.54, 1.807) is 38.1 Å². The Morgan fingerprint density at radius 1 is 1.18 bits per heavy atom. The van der Waals surface area contributed by atoms with E-state index >= 15 is 0 Å². The topological polar surface area (TPSA) is 105 Å². The number of carbonyl (C=O) groups is 2. The summed E-state index contributed by atoms with van der Waals surface area (Å²) in [4.78, 5) is 26.0. The molecule has 2 aromatic rings. The Morgan fingerprint density at radius 2 is 1.88 bits per heavy atom. The highest BCUT2D eigenvalue weighted by atomic mass is 32.2. The minimum absolute atomic E-state index is 0.0701. The van der Waals surface area contributed by atoms with Crippen molar-refractivity contribution in [1.82, 2.24) is 4.31 Å². The standard InChI is InChI=1S/C23H29N3O5S2/c1-6-26(7-2)33(29,30)17-9-10-20(31-14(3)4)18(13-17)24-23(28)16-8-11-21-19(12-16)25-22(27)15(5)32-21/h8-15H,6-7H2,1-5H3,(H,24,28)(H,25,27)/t15-/m1/s1. The quantitative estimate of drug-likeness (QED) is 0.574. The molecule has 1 atom stereocenters. The van der Waals surface area contributed by atoms with E-state index in [1.165, 1.54) is 28.2 Å². The van der Waals surface area contributed by atoms with Gasteiger partial charge in [-0.25, -0.2) is 8.42 Å². The van der Waals surface area contributed by atoms with E-state index in [9.17, 15) is 18.0 Å². The van der Waals surface area contributed by atoms with E-state index in [0.29, 0.717) is 30.1 Å². The predicted molar refractivity (Wildman–Crippen MR) is 131 cm³/mol. The van der Waals surface area contributed by atoms with Crippen molar-refractivity contribution >= 4 is 45.0 Å². The van der Waals surface area contributed by atoms with Crippen molar-refractivity contribution in [2.75, 3.05) is 23.7 Å². The van der Waals surface area contributed by atoms with E-state index in [4.69, 9.17) is 4.74 Å². The van der Waals surface area contributed by atoms with E-state index < -0.39 is 15.9 Å². The van der Waals surface area contributed by atoms with Gasteiger partial charge in [-0.15, -0.1) is 11.8 Å². The van der Waals surface area contributed by atoms with Crippen molar-refractivity contribution in [3.05, 3.63) is 42.0 Å². The molecule has 178 valence electrons. The van der Waals surface area contributed by atoms with Crippen LogP contribution in [0.5, 0.6) is 5.75 Å². The van der Waals surface area contributed by atoms with Crippen molar-refractivity contribution < 1.29 is 22.7 Å². The fourth-order valence-electron chi connectivity index (χ4n) is 3.38. The molecule has 8 nitrogen and oxygen atoms in total. The number of hydrogen-bond donors (Lipinski definition) is 2. The Hall–Kier alpha value is -2.56. The normalized spacial score (nSPS) is 15.8. The first-order valence-corrected chi connectivity index (χ1v) is 13.1. The Labute approximate surface area is 199 Å². The Bertz CT molecular complexity index is 1160. The van der Waals surface area contributed by atoms with Crippen molar-refractivity contribution in [3.8, 4) is 5.75 Å². The lowest BCUT2D eigenvalue weighted by Gasteiger charge is -2.22. The molecule has 10 heteroatoms. The minimum Gasteiger partial charge on any atom is -0.489 e. The van der Waals surface area contributed by atoms with Gasteiger partial charge in [0.05, 0.1) is 27.6 Å².